The molecule has 8 heteroatoms. The molecule has 0 saturated carbocycles. The predicted molar refractivity (Wildman–Crippen MR) is 122 cm³/mol. The molecule has 4 nitrogen and oxygen atoms in total. The maximum absolute atomic E-state index is 11.5. The molecule has 0 radical (unpaired) electrons. The van der Waals surface area contributed by atoms with Crippen LogP contribution in [0.25, 0.3) is 0 Å². The monoisotopic (exact) mass is 465 g/mol. The van der Waals surface area contributed by atoms with Gasteiger partial charge in [-0.2, -0.15) is 0 Å². The molecule has 0 aliphatic carbocycles. The number of rotatable bonds is 7. The topological polar surface area (TPSA) is 56.3 Å². The highest BCUT2D eigenvalue weighted by Crippen LogP contribution is 2.36. The van der Waals surface area contributed by atoms with Crippen LogP contribution in [0.2, 0.25) is 5.04 Å². The third kappa shape index (κ3) is 4.81. The van der Waals surface area contributed by atoms with Gasteiger partial charge >= 0.3 is 0 Å². The van der Waals surface area contributed by atoms with E-state index in [0.29, 0.717) is 18.7 Å². The van der Waals surface area contributed by atoms with Crippen LogP contribution in [0.4, 0.5) is 0 Å². The summed E-state index contributed by atoms with van der Waals surface area (Å²) in [5.41, 5.74) is 0.673. The summed E-state index contributed by atoms with van der Waals surface area (Å²) in [4.78, 5) is 4.14. The SMILES string of the molecule is CC(C)(C)[Si](OCCc1csc(S(=O)(=O)Cl)n1)(c1ccccc1)c1ccccc1. The molecular weight excluding hydrogens is 442 g/mol. The third-order valence-electron chi connectivity index (χ3n) is 4.83. The second-order valence-corrected chi connectivity index (χ2v) is 15.7. The molecule has 0 spiro atoms. The Kier molecular flexibility index (Phi) is 6.65. The van der Waals surface area contributed by atoms with Crippen molar-refractivity contribution < 1.29 is 12.8 Å². The molecular formula is C21H24ClNO3S2Si. The fourth-order valence-corrected chi connectivity index (χ4v) is 9.99. The van der Waals surface area contributed by atoms with Crippen LogP contribution in [0, 0.1) is 0 Å². The summed E-state index contributed by atoms with van der Waals surface area (Å²) in [6, 6.07) is 20.8. The zero-order valence-electron chi connectivity index (χ0n) is 16.6. The first-order valence-electron chi connectivity index (χ1n) is 9.29. The van der Waals surface area contributed by atoms with Crippen molar-refractivity contribution in [2.45, 2.75) is 36.6 Å². The van der Waals surface area contributed by atoms with Gasteiger partial charge in [0.2, 0.25) is 4.34 Å². The summed E-state index contributed by atoms with van der Waals surface area (Å²) in [6.45, 7) is 7.11. The maximum Gasteiger partial charge on any atom is 0.288 e. The first-order chi connectivity index (χ1) is 13.6. The molecule has 1 aromatic heterocycles. The van der Waals surface area contributed by atoms with Gasteiger partial charge in [0.1, 0.15) is 0 Å². The van der Waals surface area contributed by atoms with E-state index in [4.69, 9.17) is 15.1 Å². The molecule has 2 aromatic carbocycles. The van der Waals surface area contributed by atoms with Gasteiger partial charge in [-0.3, -0.25) is 0 Å². The van der Waals surface area contributed by atoms with Crippen LogP contribution in [0.15, 0.2) is 70.4 Å². The zero-order valence-corrected chi connectivity index (χ0v) is 20.0. The predicted octanol–water partition coefficient (Wildman–Crippen LogP) is 4.19. The van der Waals surface area contributed by atoms with Crippen LogP contribution in [0.1, 0.15) is 26.5 Å². The second-order valence-electron chi connectivity index (χ2n) is 7.80. The fraction of sp³-hybridized carbons (Fsp3) is 0.286. The van der Waals surface area contributed by atoms with Crippen LogP contribution in [-0.2, 0) is 19.9 Å². The van der Waals surface area contributed by atoms with E-state index >= 15 is 0 Å². The summed E-state index contributed by atoms with van der Waals surface area (Å²) in [7, 11) is -1.00. The first-order valence-corrected chi connectivity index (χ1v) is 14.4. The molecule has 0 bridgehead atoms. The Morgan fingerprint density at radius 1 is 1.00 bits per heavy atom. The number of nitrogens with zero attached hydrogens (tertiary/aromatic N) is 1. The highest BCUT2D eigenvalue weighted by molar-refractivity contribution is 8.14. The molecule has 0 aliphatic heterocycles. The molecule has 1 heterocycles. The van der Waals surface area contributed by atoms with Gasteiger partial charge < -0.3 is 4.43 Å². The number of hydrogen-bond acceptors (Lipinski definition) is 5. The molecule has 3 aromatic rings. The van der Waals surface area contributed by atoms with Crippen molar-refractivity contribution in [1.82, 2.24) is 4.98 Å². The molecule has 3 rings (SSSR count). The van der Waals surface area contributed by atoms with Crippen molar-refractivity contribution in [3.05, 3.63) is 71.7 Å². The molecule has 0 unspecified atom stereocenters. The van der Waals surface area contributed by atoms with Gasteiger partial charge in [-0.15, -0.1) is 11.3 Å². The van der Waals surface area contributed by atoms with E-state index in [2.05, 4.69) is 50.0 Å². The number of hydrogen-bond donors (Lipinski definition) is 0. The van der Waals surface area contributed by atoms with E-state index in [1.165, 1.54) is 10.4 Å². The maximum atomic E-state index is 11.5. The van der Waals surface area contributed by atoms with Crippen molar-refractivity contribution >= 4 is 49.8 Å². The zero-order chi connectivity index (χ0) is 21.1. The molecule has 0 N–H and O–H groups in total. The van der Waals surface area contributed by atoms with E-state index in [9.17, 15) is 8.42 Å². The van der Waals surface area contributed by atoms with Crippen molar-refractivity contribution in [3.63, 3.8) is 0 Å². The number of benzene rings is 2. The summed E-state index contributed by atoms with van der Waals surface area (Å²) in [5.74, 6) is 0. The molecule has 0 saturated heterocycles. The molecule has 29 heavy (non-hydrogen) atoms. The minimum atomic E-state index is -3.80. The fourth-order valence-electron chi connectivity index (χ4n) is 3.59. The van der Waals surface area contributed by atoms with Crippen LogP contribution < -0.4 is 10.4 Å². The minimum absolute atomic E-state index is 0.0698. The van der Waals surface area contributed by atoms with Crippen molar-refractivity contribution in [3.8, 4) is 0 Å². The summed E-state index contributed by atoms with van der Waals surface area (Å²) in [6.07, 6.45) is 0.521. The van der Waals surface area contributed by atoms with E-state index in [0.717, 1.165) is 11.3 Å². The standard InChI is InChI=1S/C21H24ClNO3S2Si/c1-21(2,3)29(18-10-6-4-7-11-18,19-12-8-5-9-13-19)26-15-14-17-16-27-20(23-17)28(22,24)25/h4-13,16H,14-15H2,1-3H3. The highest BCUT2D eigenvalue weighted by atomic mass is 35.7. The highest BCUT2D eigenvalue weighted by Gasteiger charge is 2.49. The van der Waals surface area contributed by atoms with Gasteiger partial charge in [0.05, 0.1) is 5.69 Å². The molecule has 0 fully saturated rings. The number of halogens is 1. The Bertz CT molecular complexity index is 1010. The Hall–Kier alpha value is -1.51. The lowest BCUT2D eigenvalue weighted by Gasteiger charge is -2.43. The Balaban J connectivity index is 1.95. The summed E-state index contributed by atoms with van der Waals surface area (Å²) >= 11 is 1.04. The number of aromatic nitrogens is 1. The molecule has 154 valence electrons. The normalized spacial score (nSPS) is 12.8. The van der Waals surface area contributed by atoms with E-state index in [-0.39, 0.29) is 9.38 Å². The van der Waals surface area contributed by atoms with E-state index in [1.54, 1.807) is 5.38 Å². The minimum Gasteiger partial charge on any atom is -0.407 e. The Morgan fingerprint density at radius 3 is 1.93 bits per heavy atom. The first kappa shape index (κ1) is 22.2. The van der Waals surface area contributed by atoms with Crippen molar-refractivity contribution in [1.29, 1.82) is 0 Å². The van der Waals surface area contributed by atoms with Crippen LogP contribution >= 0.6 is 22.0 Å². The smallest absolute Gasteiger partial charge is 0.288 e. The summed E-state index contributed by atoms with van der Waals surface area (Å²) in [5, 5.41) is 4.04. The molecule has 0 atom stereocenters. The summed E-state index contributed by atoms with van der Waals surface area (Å²) < 4.78 is 29.7. The lowest BCUT2D eigenvalue weighted by Crippen LogP contribution is -2.66. The lowest BCUT2D eigenvalue weighted by atomic mass is 10.2. The van der Waals surface area contributed by atoms with Crippen LogP contribution in [-0.4, -0.2) is 28.3 Å². The van der Waals surface area contributed by atoms with Gasteiger partial charge in [0.25, 0.3) is 17.4 Å². The molecule has 0 aliphatic rings. The van der Waals surface area contributed by atoms with Gasteiger partial charge in [-0.25, -0.2) is 13.4 Å². The Morgan fingerprint density at radius 2 is 1.52 bits per heavy atom. The second kappa shape index (κ2) is 8.69. The van der Waals surface area contributed by atoms with Crippen LogP contribution in [0.5, 0.6) is 0 Å². The van der Waals surface area contributed by atoms with Gasteiger partial charge in [0.15, 0.2) is 0 Å². The third-order valence-corrected chi connectivity index (χ3v) is 12.7. The van der Waals surface area contributed by atoms with Crippen molar-refractivity contribution in [2.24, 2.45) is 0 Å². The lowest BCUT2D eigenvalue weighted by molar-refractivity contribution is 0.300. The average Bonchev–Trinajstić information content (AvgIpc) is 3.15. The van der Waals surface area contributed by atoms with Crippen LogP contribution in [0.3, 0.4) is 0 Å². The number of thiazole rings is 1. The quantitative estimate of drug-likeness (QED) is 0.387. The van der Waals surface area contributed by atoms with E-state index < -0.39 is 17.4 Å². The van der Waals surface area contributed by atoms with Crippen molar-refractivity contribution in [2.75, 3.05) is 6.61 Å². The van der Waals surface area contributed by atoms with E-state index in [1.807, 2.05) is 36.4 Å². The Labute approximate surface area is 182 Å². The van der Waals surface area contributed by atoms with Gasteiger partial charge in [-0.1, -0.05) is 81.4 Å². The van der Waals surface area contributed by atoms with Gasteiger partial charge in [0, 0.05) is 29.1 Å². The molecule has 0 amide bonds. The largest absolute Gasteiger partial charge is 0.407 e. The average molecular weight is 466 g/mol. The van der Waals surface area contributed by atoms with Gasteiger partial charge in [-0.05, 0) is 15.4 Å².